The molecule has 0 aromatic heterocycles. The van der Waals surface area contributed by atoms with Crippen LogP contribution in [0.3, 0.4) is 0 Å². The maximum atomic E-state index is 4.34. The van der Waals surface area contributed by atoms with Gasteiger partial charge in [-0.3, -0.25) is 0 Å². The molecule has 1 heteroatoms. The van der Waals surface area contributed by atoms with E-state index in [0.29, 0.717) is 0 Å². The molecule has 0 saturated heterocycles. The minimum absolute atomic E-state index is 0.953. The summed E-state index contributed by atoms with van der Waals surface area (Å²) < 4.78 is 0. The Hall–Kier alpha value is -1.21. The maximum absolute atomic E-state index is 4.34. The van der Waals surface area contributed by atoms with Gasteiger partial charge < -0.3 is 0 Å². The van der Waals surface area contributed by atoms with E-state index in [4.69, 9.17) is 0 Å². The van der Waals surface area contributed by atoms with Gasteiger partial charge in [0.1, 0.15) is 0 Å². The zero-order valence-electron chi connectivity index (χ0n) is 8.77. The van der Waals surface area contributed by atoms with Gasteiger partial charge in [0, 0.05) is 4.91 Å². The topological polar surface area (TPSA) is 0 Å². The second-order valence-corrected chi connectivity index (χ2v) is 4.24. The summed E-state index contributed by atoms with van der Waals surface area (Å²) in [6, 6.07) is 8.61. The zero-order valence-corrected chi connectivity index (χ0v) is 9.67. The van der Waals surface area contributed by atoms with Gasteiger partial charge in [0.05, 0.1) is 0 Å². The molecular formula is C14H14S. The Morgan fingerprint density at radius 1 is 1.00 bits per heavy atom. The molecule has 0 fully saturated rings. The lowest BCUT2D eigenvalue weighted by atomic mass is 10.0. The lowest BCUT2D eigenvalue weighted by Gasteiger charge is -2.02. The number of hydrogen-bond donors (Lipinski definition) is 1. The molecule has 1 aromatic rings. The highest BCUT2D eigenvalue weighted by Gasteiger charge is 1.99. The van der Waals surface area contributed by atoms with Gasteiger partial charge in [0.25, 0.3) is 0 Å². The molecule has 0 aliphatic heterocycles. The van der Waals surface area contributed by atoms with Crippen LogP contribution in [0.1, 0.15) is 17.5 Å². The normalized spacial score (nSPS) is 15.6. The minimum Gasteiger partial charge on any atom is -0.144 e. The smallest absolute Gasteiger partial charge is 0.000334 e. The molecule has 0 nitrogen and oxygen atoms in total. The van der Waals surface area contributed by atoms with Crippen LogP contribution >= 0.6 is 12.6 Å². The predicted octanol–water partition coefficient (Wildman–Crippen LogP) is 4.15. The van der Waals surface area contributed by atoms with E-state index in [-0.39, 0.29) is 0 Å². The second kappa shape index (κ2) is 4.54. The van der Waals surface area contributed by atoms with Gasteiger partial charge in [-0.15, -0.1) is 12.6 Å². The molecule has 2 rings (SSSR count). The first-order valence-electron chi connectivity index (χ1n) is 5.10. The van der Waals surface area contributed by atoms with Gasteiger partial charge in [0.15, 0.2) is 0 Å². The van der Waals surface area contributed by atoms with Crippen molar-refractivity contribution in [3.8, 4) is 0 Å². The van der Waals surface area contributed by atoms with Crippen LogP contribution in [0.25, 0.3) is 5.57 Å². The number of benzene rings is 1. The van der Waals surface area contributed by atoms with Crippen molar-refractivity contribution in [3.63, 3.8) is 0 Å². The Bertz CT molecular complexity index is 433. The van der Waals surface area contributed by atoms with Gasteiger partial charge in [-0.1, -0.05) is 48.1 Å². The summed E-state index contributed by atoms with van der Waals surface area (Å²) in [5.74, 6) is 0. The van der Waals surface area contributed by atoms with Crippen molar-refractivity contribution in [2.45, 2.75) is 13.3 Å². The molecular weight excluding hydrogens is 200 g/mol. The molecule has 0 spiro atoms. The molecule has 1 aromatic carbocycles. The van der Waals surface area contributed by atoms with Crippen molar-refractivity contribution < 1.29 is 0 Å². The fraction of sp³-hybridized carbons (Fsp3) is 0.143. The lowest BCUT2D eigenvalue weighted by Crippen LogP contribution is -1.80. The van der Waals surface area contributed by atoms with Crippen LogP contribution in [0.15, 0.2) is 53.5 Å². The number of allylic oxidation sites excluding steroid dienone is 5. The standard InChI is InChI=1S/C14H14S/c1-11-5-7-13(8-6-11)12-3-2-4-14(15)10-9-12/h3-10,15H,2H2,1H3. The van der Waals surface area contributed by atoms with Crippen molar-refractivity contribution in [2.24, 2.45) is 0 Å². The van der Waals surface area contributed by atoms with E-state index in [1.54, 1.807) is 0 Å². The highest BCUT2D eigenvalue weighted by Crippen LogP contribution is 2.21. The van der Waals surface area contributed by atoms with Crippen LogP contribution < -0.4 is 0 Å². The largest absolute Gasteiger partial charge is 0.144 e. The van der Waals surface area contributed by atoms with E-state index in [2.05, 4.69) is 62.0 Å². The van der Waals surface area contributed by atoms with E-state index in [1.807, 2.05) is 6.08 Å². The van der Waals surface area contributed by atoms with Crippen LogP contribution in [0.2, 0.25) is 0 Å². The van der Waals surface area contributed by atoms with Crippen LogP contribution in [-0.4, -0.2) is 0 Å². The Balaban J connectivity index is 2.29. The number of thiol groups is 1. The SMILES string of the molecule is Cc1ccc(C2=CCC=C(S)C=C2)cc1. The molecule has 0 heterocycles. The van der Waals surface area contributed by atoms with Crippen molar-refractivity contribution in [1.82, 2.24) is 0 Å². The molecule has 0 saturated carbocycles. The summed E-state index contributed by atoms with van der Waals surface area (Å²) in [6.07, 6.45) is 9.46. The highest BCUT2D eigenvalue weighted by atomic mass is 32.1. The summed E-state index contributed by atoms with van der Waals surface area (Å²) in [4.78, 5) is 1.04. The average molecular weight is 214 g/mol. The fourth-order valence-corrected chi connectivity index (χ4v) is 1.76. The summed E-state index contributed by atoms with van der Waals surface area (Å²) >= 11 is 4.34. The number of aryl methyl sites for hydroxylation is 1. The summed E-state index contributed by atoms with van der Waals surface area (Å²) in [5.41, 5.74) is 3.84. The summed E-state index contributed by atoms with van der Waals surface area (Å²) in [5, 5.41) is 0. The fourth-order valence-electron chi connectivity index (χ4n) is 1.58. The molecule has 0 amide bonds. The van der Waals surface area contributed by atoms with E-state index in [0.717, 1.165) is 11.3 Å². The van der Waals surface area contributed by atoms with Crippen LogP contribution in [0, 0.1) is 6.92 Å². The Morgan fingerprint density at radius 2 is 1.73 bits per heavy atom. The third-order valence-corrected chi connectivity index (χ3v) is 2.81. The Kier molecular flexibility index (Phi) is 3.12. The molecule has 1 aliphatic carbocycles. The van der Waals surface area contributed by atoms with Crippen LogP contribution in [0.4, 0.5) is 0 Å². The van der Waals surface area contributed by atoms with Gasteiger partial charge in [-0.25, -0.2) is 0 Å². The molecule has 1 aliphatic rings. The first kappa shape index (κ1) is 10.3. The van der Waals surface area contributed by atoms with Crippen molar-refractivity contribution in [2.75, 3.05) is 0 Å². The van der Waals surface area contributed by atoms with E-state index < -0.39 is 0 Å². The monoisotopic (exact) mass is 214 g/mol. The third-order valence-electron chi connectivity index (χ3n) is 2.48. The number of hydrogen-bond acceptors (Lipinski definition) is 1. The molecule has 0 N–H and O–H groups in total. The molecule has 0 radical (unpaired) electrons. The van der Waals surface area contributed by atoms with Crippen molar-refractivity contribution in [3.05, 3.63) is 64.6 Å². The zero-order chi connectivity index (χ0) is 10.7. The van der Waals surface area contributed by atoms with E-state index in [1.165, 1.54) is 16.7 Å². The van der Waals surface area contributed by atoms with Crippen molar-refractivity contribution in [1.29, 1.82) is 0 Å². The molecule has 0 unspecified atom stereocenters. The molecule has 15 heavy (non-hydrogen) atoms. The molecule has 0 bridgehead atoms. The second-order valence-electron chi connectivity index (χ2n) is 3.72. The summed E-state index contributed by atoms with van der Waals surface area (Å²) in [6.45, 7) is 2.11. The average Bonchev–Trinajstić information content (AvgIpc) is 2.44. The lowest BCUT2D eigenvalue weighted by molar-refractivity contribution is 1.39. The van der Waals surface area contributed by atoms with E-state index >= 15 is 0 Å². The Morgan fingerprint density at radius 3 is 2.47 bits per heavy atom. The first-order valence-corrected chi connectivity index (χ1v) is 5.55. The quantitative estimate of drug-likeness (QED) is 0.667. The highest BCUT2D eigenvalue weighted by molar-refractivity contribution is 7.84. The van der Waals surface area contributed by atoms with Crippen LogP contribution in [0.5, 0.6) is 0 Å². The van der Waals surface area contributed by atoms with Gasteiger partial charge in [-0.05, 0) is 30.6 Å². The number of rotatable bonds is 1. The molecule has 0 atom stereocenters. The Labute approximate surface area is 96.4 Å². The van der Waals surface area contributed by atoms with E-state index in [9.17, 15) is 0 Å². The van der Waals surface area contributed by atoms with Crippen molar-refractivity contribution >= 4 is 18.2 Å². The molecule has 76 valence electrons. The van der Waals surface area contributed by atoms with Gasteiger partial charge in [0.2, 0.25) is 0 Å². The van der Waals surface area contributed by atoms with Crippen LogP contribution in [-0.2, 0) is 0 Å². The summed E-state index contributed by atoms with van der Waals surface area (Å²) in [7, 11) is 0. The third kappa shape index (κ3) is 2.63. The maximum Gasteiger partial charge on any atom is 0.000334 e. The minimum atomic E-state index is 0.953. The van der Waals surface area contributed by atoms with Gasteiger partial charge >= 0.3 is 0 Å². The van der Waals surface area contributed by atoms with Gasteiger partial charge in [-0.2, -0.15) is 0 Å². The predicted molar refractivity (Wildman–Crippen MR) is 70.0 cm³/mol. The first-order chi connectivity index (χ1) is 7.25.